The van der Waals surface area contributed by atoms with Crippen LogP contribution in [0.15, 0.2) is 0 Å². The van der Waals surface area contributed by atoms with Gasteiger partial charge in [-0.25, -0.2) is 4.79 Å². The van der Waals surface area contributed by atoms with Crippen molar-refractivity contribution in [3.05, 3.63) is 10.1 Å². The SMILES string of the molecule is CC(=O)O[C@@H]1O[C@H](C(=O)O)[C@@H](OC(C)=O)[C@H](OC(C)=O)[C@H]1OC(C)=O.O=[N+]([O-])O. The topological polar surface area (TPSA) is 215 Å². The molecule has 0 aliphatic carbocycles. The molecule has 0 aromatic rings. The third kappa shape index (κ3) is 9.32. The molecule has 0 radical (unpaired) electrons. The molecule has 5 atom stereocenters. The van der Waals surface area contributed by atoms with Gasteiger partial charge in [-0.3, -0.25) is 19.2 Å². The fraction of sp³-hybridized carbons (Fsp3) is 0.643. The summed E-state index contributed by atoms with van der Waals surface area (Å²) < 4.78 is 24.8. The maximum Gasteiger partial charge on any atom is 0.337 e. The number of esters is 4. The Morgan fingerprint density at radius 2 is 1.14 bits per heavy atom. The molecule has 164 valence electrons. The summed E-state index contributed by atoms with van der Waals surface area (Å²) in [6.45, 7) is 4.06. The smallest absolute Gasteiger partial charge is 0.337 e. The van der Waals surface area contributed by atoms with Gasteiger partial charge in [0, 0.05) is 27.7 Å². The van der Waals surface area contributed by atoms with E-state index in [0.717, 1.165) is 27.7 Å². The van der Waals surface area contributed by atoms with Gasteiger partial charge in [0.25, 0.3) is 5.09 Å². The van der Waals surface area contributed by atoms with Crippen LogP contribution >= 0.6 is 0 Å². The third-order valence-corrected chi connectivity index (χ3v) is 2.93. The Morgan fingerprint density at radius 1 is 0.793 bits per heavy atom. The maximum atomic E-state index is 11.4. The predicted octanol–water partition coefficient (Wildman–Crippen LogP) is -1.19. The number of carbonyl (C=O) groups is 5. The van der Waals surface area contributed by atoms with E-state index in [4.69, 9.17) is 39.0 Å². The number of carbonyl (C=O) groups excluding carboxylic acids is 4. The molecule has 2 N–H and O–H groups in total. The lowest BCUT2D eigenvalue weighted by Gasteiger charge is -2.42. The molecule has 1 aliphatic rings. The summed E-state index contributed by atoms with van der Waals surface area (Å²) in [6, 6.07) is 0. The second kappa shape index (κ2) is 11.4. The highest BCUT2D eigenvalue weighted by Crippen LogP contribution is 2.29. The van der Waals surface area contributed by atoms with E-state index in [9.17, 15) is 29.1 Å². The summed E-state index contributed by atoms with van der Waals surface area (Å²) in [5, 5.41) is 22.9. The zero-order valence-corrected chi connectivity index (χ0v) is 15.6. The van der Waals surface area contributed by atoms with Crippen molar-refractivity contribution in [1.82, 2.24) is 0 Å². The van der Waals surface area contributed by atoms with Crippen molar-refractivity contribution in [3.8, 4) is 0 Å². The van der Waals surface area contributed by atoms with Crippen LogP contribution in [0.25, 0.3) is 0 Å². The Morgan fingerprint density at radius 3 is 1.48 bits per heavy atom. The maximum absolute atomic E-state index is 11.4. The average Bonchev–Trinajstić information content (AvgIpc) is 2.50. The first kappa shape index (κ1) is 25.5. The predicted molar refractivity (Wildman–Crippen MR) is 83.5 cm³/mol. The normalized spacial score (nSPS) is 25.3. The third-order valence-electron chi connectivity index (χ3n) is 2.93. The van der Waals surface area contributed by atoms with Crippen LogP contribution < -0.4 is 0 Å². The molecule has 15 nitrogen and oxygen atoms in total. The van der Waals surface area contributed by atoms with Crippen molar-refractivity contribution in [2.75, 3.05) is 0 Å². The second-order valence-electron chi connectivity index (χ2n) is 5.33. The number of hydrogen-bond acceptors (Lipinski definition) is 12. The molecule has 0 spiro atoms. The number of carboxylic acids is 1. The number of hydrogen-bond donors (Lipinski definition) is 2. The molecule has 1 fully saturated rings. The first-order chi connectivity index (χ1) is 13.3. The summed E-state index contributed by atoms with van der Waals surface area (Å²) >= 11 is 0. The van der Waals surface area contributed by atoms with Crippen LogP contribution in [-0.4, -0.2) is 76.0 Å². The van der Waals surface area contributed by atoms with E-state index < -0.39 is 65.6 Å². The van der Waals surface area contributed by atoms with E-state index in [1.165, 1.54) is 0 Å². The van der Waals surface area contributed by atoms with Gasteiger partial charge in [-0.2, -0.15) is 0 Å². The van der Waals surface area contributed by atoms with Crippen LogP contribution in [-0.2, 0) is 47.7 Å². The molecular weight excluding hydrogens is 406 g/mol. The lowest BCUT2D eigenvalue weighted by molar-refractivity contribution is -0.742. The number of nitrogens with zero attached hydrogens (tertiary/aromatic N) is 1. The molecule has 0 aromatic heterocycles. The summed E-state index contributed by atoms with van der Waals surface area (Å²) in [5.41, 5.74) is 0. The van der Waals surface area contributed by atoms with E-state index >= 15 is 0 Å². The van der Waals surface area contributed by atoms with Crippen LogP contribution in [0.4, 0.5) is 0 Å². The molecule has 0 saturated carbocycles. The van der Waals surface area contributed by atoms with Crippen LogP contribution in [0.2, 0.25) is 0 Å². The van der Waals surface area contributed by atoms with E-state index in [1.54, 1.807) is 0 Å². The molecule has 1 saturated heterocycles. The van der Waals surface area contributed by atoms with Gasteiger partial charge < -0.3 is 34.0 Å². The molecule has 15 heteroatoms. The van der Waals surface area contributed by atoms with Gasteiger partial charge in [-0.1, -0.05) is 0 Å². The zero-order valence-electron chi connectivity index (χ0n) is 15.6. The van der Waals surface area contributed by atoms with Gasteiger partial charge in [0.2, 0.25) is 12.4 Å². The highest BCUT2D eigenvalue weighted by molar-refractivity contribution is 5.75. The molecule has 1 rings (SSSR count). The van der Waals surface area contributed by atoms with Gasteiger partial charge in [-0.15, -0.1) is 10.1 Å². The highest BCUT2D eigenvalue weighted by atomic mass is 16.9. The van der Waals surface area contributed by atoms with Gasteiger partial charge in [0.15, 0.2) is 18.3 Å². The number of ether oxygens (including phenoxy) is 5. The monoisotopic (exact) mass is 425 g/mol. The average molecular weight is 425 g/mol. The van der Waals surface area contributed by atoms with Crippen molar-refractivity contribution >= 4 is 29.8 Å². The molecule has 0 bridgehead atoms. The Balaban J connectivity index is 0.00000178. The molecule has 0 amide bonds. The van der Waals surface area contributed by atoms with E-state index in [2.05, 4.69) is 0 Å². The minimum atomic E-state index is -1.83. The zero-order chi connectivity index (χ0) is 22.9. The van der Waals surface area contributed by atoms with Gasteiger partial charge in [-0.05, 0) is 0 Å². The number of aliphatic carboxylic acids is 1. The lowest BCUT2D eigenvalue weighted by Crippen LogP contribution is -2.63. The summed E-state index contributed by atoms with van der Waals surface area (Å²) in [5.74, 6) is -5.03. The van der Waals surface area contributed by atoms with Crippen LogP contribution in [0, 0.1) is 10.1 Å². The molecule has 1 heterocycles. The molecular formula is C14H19NO14. The van der Waals surface area contributed by atoms with E-state index in [0.29, 0.717) is 0 Å². The van der Waals surface area contributed by atoms with Gasteiger partial charge in [0.1, 0.15) is 0 Å². The van der Waals surface area contributed by atoms with Crippen molar-refractivity contribution in [2.45, 2.75) is 58.4 Å². The van der Waals surface area contributed by atoms with Crippen molar-refractivity contribution in [2.24, 2.45) is 0 Å². The fourth-order valence-electron chi connectivity index (χ4n) is 2.23. The van der Waals surface area contributed by atoms with E-state index in [1.807, 2.05) is 0 Å². The fourth-order valence-corrected chi connectivity index (χ4v) is 2.23. The quantitative estimate of drug-likeness (QED) is 0.229. The minimum Gasteiger partial charge on any atom is -0.479 e. The van der Waals surface area contributed by atoms with Gasteiger partial charge >= 0.3 is 29.8 Å². The molecule has 0 aromatic carbocycles. The second-order valence-corrected chi connectivity index (χ2v) is 5.33. The summed E-state index contributed by atoms with van der Waals surface area (Å²) in [6.07, 6.45) is -8.24. The van der Waals surface area contributed by atoms with Gasteiger partial charge in [0.05, 0.1) is 0 Å². The van der Waals surface area contributed by atoms with Crippen molar-refractivity contribution in [3.63, 3.8) is 0 Å². The van der Waals surface area contributed by atoms with Crippen molar-refractivity contribution in [1.29, 1.82) is 0 Å². The minimum absolute atomic E-state index is 0.849. The summed E-state index contributed by atoms with van der Waals surface area (Å²) in [7, 11) is 0. The number of rotatable bonds is 5. The first-order valence-corrected chi connectivity index (χ1v) is 7.66. The molecule has 0 unspecified atom stereocenters. The summed E-state index contributed by atoms with van der Waals surface area (Å²) in [4.78, 5) is 65.0. The Bertz CT molecular complexity index is 657. The van der Waals surface area contributed by atoms with E-state index in [-0.39, 0.29) is 0 Å². The molecule has 1 aliphatic heterocycles. The lowest BCUT2D eigenvalue weighted by atomic mass is 9.98. The van der Waals surface area contributed by atoms with Crippen molar-refractivity contribution < 1.29 is 63.1 Å². The Kier molecular flexibility index (Phi) is 10.0. The van der Waals surface area contributed by atoms with Crippen LogP contribution in [0.3, 0.4) is 0 Å². The molecule has 29 heavy (non-hydrogen) atoms. The van der Waals surface area contributed by atoms with Crippen LogP contribution in [0.1, 0.15) is 27.7 Å². The van der Waals surface area contributed by atoms with Crippen LogP contribution in [0.5, 0.6) is 0 Å². The highest BCUT2D eigenvalue weighted by Gasteiger charge is 2.55. The first-order valence-electron chi connectivity index (χ1n) is 7.66. The Hall–Kier alpha value is -3.49. The Labute approximate surface area is 162 Å². The number of carboxylic acid groups (broad SMARTS) is 1. The standard InChI is InChI=1S/C14H18O11.HNO3/c1-5(15)21-9-10(22-6(2)16)12(23-7(3)17)14(24-8(4)18)25-11(9)13(19)20;2-1(3)4/h9-12,14H,1-4H3,(H,19,20);(H,2,3,4)/t9-,10-,11-,12+,14+;/m0./s1. The largest absolute Gasteiger partial charge is 0.479 e.